The Labute approximate surface area is 139 Å². The van der Waals surface area contributed by atoms with Gasteiger partial charge in [-0.15, -0.1) is 0 Å². The second-order valence-corrected chi connectivity index (χ2v) is 8.07. The van der Waals surface area contributed by atoms with Crippen LogP contribution in [-0.4, -0.2) is 50.4 Å². The highest BCUT2D eigenvalue weighted by molar-refractivity contribution is 7.92. The molecule has 1 N–H and O–H groups in total. The van der Waals surface area contributed by atoms with E-state index in [1.54, 1.807) is 37.2 Å². The number of hydroxylamine groups is 3. The van der Waals surface area contributed by atoms with Crippen molar-refractivity contribution in [2.45, 2.75) is 16.2 Å². The summed E-state index contributed by atoms with van der Waals surface area (Å²) in [4.78, 5) is 13.9. The molecule has 0 amide bonds. The molecule has 1 aromatic carbocycles. The first kappa shape index (κ1) is 16.6. The van der Waals surface area contributed by atoms with Gasteiger partial charge in [0.2, 0.25) is 9.84 Å². The molecule has 2 heterocycles. The molecule has 0 aliphatic carbocycles. The van der Waals surface area contributed by atoms with E-state index in [0.717, 1.165) is 6.20 Å². The molecule has 0 atom stereocenters. The van der Waals surface area contributed by atoms with Gasteiger partial charge in [0.25, 0.3) is 5.56 Å². The number of quaternary nitrogens is 1. The predicted octanol–water partition coefficient (Wildman–Crippen LogP) is 1.02. The van der Waals surface area contributed by atoms with Gasteiger partial charge in [-0.05, 0) is 12.1 Å². The number of nitrogens with zero attached hydrogens (tertiary/aromatic N) is 3. The second-order valence-electron chi connectivity index (χ2n) is 6.19. The molecule has 0 spiro atoms. The summed E-state index contributed by atoms with van der Waals surface area (Å²) in [5, 5.41) is 17.7. The maximum atomic E-state index is 12.8. The van der Waals surface area contributed by atoms with E-state index in [2.05, 4.69) is 10.2 Å². The summed E-state index contributed by atoms with van der Waals surface area (Å²) in [6.45, 7) is 0.709. The molecule has 0 fully saturated rings. The van der Waals surface area contributed by atoms with Crippen molar-refractivity contribution in [2.75, 3.05) is 32.1 Å². The average molecular weight is 350 g/mol. The van der Waals surface area contributed by atoms with Crippen LogP contribution in [0, 0.1) is 5.21 Å². The van der Waals surface area contributed by atoms with Crippen molar-refractivity contribution >= 4 is 21.2 Å². The molecule has 1 aromatic heterocycles. The number of aromatic amines is 1. The fraction of sp³-hybridized carbons (Fsp3) is 0.333. The summed E-state index contributed by atoms with van der Waals surface area (Å²) in [5.41, 5.74) is -0.0701. The Morgan fingerprint density at radius 1 is 1.25 bits per heavy atom. The van der Waals surface area contributed by atoms with Gasteiger partial charge >= 0.3 is 0 Å². The van der Waals surface area contributed by atoms with Crippen LogP contribution >= 0.6 is 0 Å². The van der Waals surface area contributed by atoms with E-state index in [4.69, 9.17) is 0 Å². The van der Waals surface area contributed by atoms with E-state index in [9.17, 15) is 18.4 Å². The molecule has 1 aliphatic heterocycles. The van der Waals surface area contributed by atoms with Crippen LogP contribution in [0.2, 0.25) is 0 Å². The van der Waals surface area contributed by atoms with Gasteiger partial charge in [0.05, 0.1) is 37.4 Å². The van der Waals surface area contributed by atoms with Crippen molar-refractivity contribution in [1.82, 2.24) is 10.2 Å². The molecule has 3 rings (SSSR count). The Morgan fingerprint density at radius 2 is 1.96 bits per heavy atom. The highest BCUT2D eigenvalue weighted by Crippen LogP contribution is 2.41. The SMILES string of the molecule is C[N+](C)([O-])CCCN1c2ccccc2S(=O)(=O)c2cn[nH]c(=O)c21. The van der Waals surface area contributed by atoms with Gasteiger partial charge in [-0.25, -0.2) is 13.5 Å². The number of para-hydroxylation sites is 1. The zero-order chi connectivity index (χ0) is 17.5. The lowest BCUT2D eigenvalue weighted by molar-refractivity contribution is -0.840. The third-order valence-corrected chi connectivity index (χ3v) is 5.68. The summed E-state index contributed by atoms with van der Waals surface area (Å²) in [6, 6.07) is 6.52. The lowest BCUT2D eigenvalue weighted by Crippen LogP contribution is -2.37. The monoisotopic (exact) mass is 350 g/mol. The minimum absolute atomic E-state index is 0.0555. The molecule has 24 heavy (non-hydrogen) atoms. The van der Waals surface area contributed by atoms with Crippen LogP contribution in [-0.2, 0) is 9.84 Å². The number of hydrogen-bond acceptors (Lipinski definition) is 6. The molecule has 128 valence electrons. The Hall–Kier alpha value is -2.23. The van der Waals surface area contributed by atoms with Gasteiger partial charge < -0.3 is 14.8 Å². The number of rotatable bonds is 4. The summed E-state index contributed by atoms with van der Waals surface area (Å²) in [5.74, 6) is 0. The van der Waals surface area contributed by atoms with E-state index >= 15 is 0 Å². The first-order valence-electron chi connectivity index (χ1n) is 7.45. The third kappa shape index (κ3) is 2.81. The van der Waals surface area contributed by atoms with Crippen LogP contribution in [0.4, 0.5) is 11.4 Å². The standard InChI is InChI=1S/C15H18N4O4S/c1-19(2,21)9-5-8-18-11-6-3-4-7-12(11)24(22,23)13-10-16-17-15(20)14(13)18/h3-4,6-7,10H,5,8-9H2,1-2H3,(H,17,20). The van der Waals surface area contributed by atoms with Gasteiger partial charge in [-0.3, -0.25) is 4.79 Å². The van der Waals surface area contributed by atoms with E-state index < -0.39 is 20.0 Å². The van der Waals surface area contributed by atoms with E-state index in [1.165, 1.54) is 6.07 Å². The fourth-order valence-electron chi connectivity index (χ4n) is 2.82. The molecule has 0 saturated heterocycles. The molecule has 0 radical (unpaired) electrons. The third-order valence-electron chi connectivity index (χ3n) is 3.88. The molecule has 0 unspecified atom stereocenters. The van der Waals surface area contributed by atoms with Crippen molar-refractivity contribution in [2.24, 2.45) is 0 Å². The second kappa shape index (κ2) is 5.69. The van der Waals surface area contributed by atoms with E-state index in [1.807, 2.05) is 0 Å². The lowest BCUT2D eigenvalue weighted by Gasteiger charge is -2.36. The van der Waals surface area contributed by atoms with Crippen molar-refractivity contribution in [3.05, 3.63) is 46.0 Å². The Morgan fingerprint density at radius 3 is 2.67 bits per heavy atom. The average Bonchev–Trinajstić information content (AvgIpc) is 2.50. The largest absolute Gasteiger partial charge is 0.633 e. The number of nitrogens with one attached hydrogen (secondary N) is 1. The number of benzene rings is 1. The smallest absolute Gasteiger partial charge is 0.289 e. The van der Waals surface area contributed by atoms with Crippen LogP contribution in [0.3, 0.4) is 0 Å². The minimum atomic E-state index is -3.80. The number of aromatic nitrogens is 2. The summed E-state index contributed by atoms with van der Waals surface area (Å²) < 4.78 is 25.1. The van der Waals surface area contributed by atoms with Crippen LogP contribution in [0.15, 0.2) is 45.0 Å². The maximum Gasteiger partial charge on any atom is 0.289 e. The first-order chi connectivity index (χ1) is 11.2. The Kier molecular flexibility index (Phi) is 3.94. The van der Waals surface area contributed by atoms with E-state index in [-0.39, 0.29) is 15.5 Å². The minimum Gasteiger partial charge on any atom is -0.633 e. The molecule has 0 saturated carbocycles. The normalized spacial score (nSPS) is 15.7. The Bertz CT molecular complexity index is 931. The predicted molar refractivity (Wildman–Crippen MR) is 88.7 cm³/mol. The molecular weight excluding hydrogens is 332 g/mol. The number of hydrogen-bond donors (Lipinski definition) is 1. The first-order valence-corrected chi connectivity index (χ1v) is 8.93. The Balaban J connectivity index is 2.12. The van der Waals surface area contributed by atoms with Crippen LogP contribution in [0.1, 0.15) is 6.42 Å². The van der Waals surface area contributed by atoms with Crippen molar-refractivity contribution < 1.29 is 13.1 Å². The van der Waals surface area contributed by atoms with E-state index in [0.29, 0.717) is 25.2 Å². The van der Waals surface area contributed by atoms with Crippen molar-refractivity contribution in [3.8, 4) is 0 Å². The van der Waals surface area contributed by atoms with Gasteiger partial charge in [-0.1, -0.05) is 12.1 Å². The highest BCUT2D eigenvalue weighted by Gasteiger charge is 2.36. The quantitative estimate of drug-likeness (QED) is 0.652. The number of H-pyrrole nitrogens is 1. The summed E-state index contributed by atoms with van der Waals surface area (Å²) >= 11 is 0. The fourth-order valence-corrected chi connectivity index (χ4v) is 4.41. The topological polar surface area (TPSA) is 106 Å². The zero-order valence-electron chi connectivity index (χ0n) is 13.4. The molecule has 0 bridgehead atoms. The molecule has 2 aromatic rings. The molecule has 8 nitrogen and oxygen atoms in total. The van der Waals surface area contributed by atoms with Crippen molar-refractivity contribution in [1.29, 1.82) is 0 Å². The number of anilines is 2. The maximum absolute atomic E-state index is 12.8. The summed E-state index contributed by atoms with van der Waals surface area (Å²) in [7, 11) is -0.718. The molecule has 1 aliphatic rings. The molecular formula is C15H18N4O4S. The van der Waals surface area contributed by atoms with Crippen LogP contribution in [0.5, 0.6) is 0 Å². The summed E-state index contributed by atoms with van der Waals surface area (Å²) in [6.07, 6.45) is 1.66. The zero-order valence-corrected chi connectivity index (χ0v) is 14.2. The molecule has 9 heteroatoms. The van der Waals surface area contributed by atoms with Gasteiger partial charge in [0.1, 0.15) is 10.6 Å². The van der Waals surface area contributed by atoms with Crippen molar-refractivity contribution in [3.63, 3.8) is 0 Å². The number of sulfone groups is 1. The van der Waals surface area contributed by atoms with Gasteiger partial charge in [0.15, 0.2) is 0 Å². The van der Waals surface area contributed by atoms with Gasteiger partial charge in [-0.2, -0.15) is 5.10 Å². The van der Waals surface area contributed by atoms with Crippen LogP contribution < -0.4 is 10.5 Å². The highest BCUT2D eigenvalue weighted by atomic mass is 32.2. The van der Waals surface area contributed by atoms with Crippen LogP contribution in [0.25, 0.3) is 0 Å². The number of fused-ring (bicyclic) bond motifs is 2. The lowest BCUT2D eigenvalue weighted by atomic mass is 10.2. The van der Waals surface area contributed by atoms with Gasteiger partial charge in [0, 0.05) is 13.0 Å².